The second kappa shape index (κ2) is 9.20. The van der Waals surface area contributed by atoms with Gasteiger partial charge in [0.25, 0.3) is 0 Å². The number of likely N-dealkylation sites (tertiary alicyclic amines) is 1. The molecule has 3 rings (SSSR count). The molecule has 1 saturated heterocycles. The lowest BCUT2D eigenvalue weighted by atomic mass is 9.99. The topological polar surface area (TPSA) is 85.2 Å². The van der Waals surface area contributed by atoms with E-state index in [1.165, 1.54) is 12.8 Å². The first-order valence-electron chi connectivity index (χ1n) is 8.96. The Hall–Kier alpha value is -1.84. The van der Waals surface area contributed by atoms with E-state index in [1.54, 1.807) is 23.1 Å². The number of amides is 1. The van der Waals surface area contributed by atoms with Crippen LogP contribution in [0.2, 0.25) is 0 Å². The Kier molecular flexibility index (Phi) is 6.70. The van der Waals surface area contributed by atoms with Crippen LogP contribution in [0.1, 0.15) is 36.6 Å². The summed E-state index contributed by atoms with van der Waals surface area (Å²) in [7, 11) is 1.65. The highest BCUT2D eigenvalue weighted by Crippen LogP contribution is 2.21. The summed E-state index contributed by atoms with van der Waals surface area (Å²) < 4.78 is 7.04. The first-order valence-corrected chi connectivity index (χ1v) is 9.84. The molecule has 0 spiro atoms. The van der Waals surface area contributed by atoms with Gasteiger partial charge in [-0.05, 0) is 53.7 Å². The number of hydrogen-bond acceptors (Lipinski definition) is 7. The van der Waals surface area contributed by atoms with Gasteiger partial charge in [-0.25, -0.2) is 4.68 Å². The van der Waals surface area contributed by atoms with E-state index in [2.05, 4.69) is 32.7 Å². The number of rotatable bonds is 8. The Morgan fingerprint density at radius 1 is 1.46 bits per heavy atom. The zero-order chi connectivity index (χ0) is 18.4. The van der Waals surface area contributed by atoms with Crippen LogP contribution in [-0.4, -0.2) is 57.8 Å². The lowest BCUT2D eigenvalue weighted by Gasteiger charge is -2.29. The first kappa shape index (κ1) is 18.9. The zero-order valence-corrected chi connectivity index (χ0v) is 16.1. The van der Waals surface area contributed by atoms with Crippen LogP contribution in [-0.2, 0) is 22.6 Å². The van der Waals surface area contributed by atoms with Gasteiger partial charge in [-0.2, -0.15) is 0 Å². The van der Waals surface area contributed by atoms with Crippen molar-refractivity contribution in [1.82, 2.24) is 30.4 Å². The number of hydrogen-bond donors (Lipinski definition) is 1. The first-order chi connectivity index (χ1) is 12.7. The predicted molar refractivity (Wildman–Crippen MR) is 98.6 cm³/mol. The minimum absolute atomic E-state index is 0.119. The highest BCUT2D eigenvalue weighted by atomic mass is 32.1. The molecule has 26 heavy (non-hydrogen) atoms. The smallest absolute Gasteiger partial charge is 0.241 e. The molecule has 9 heteroatoms. The summed E-state index contributed by atoms with van der Waals surface area (Å²) in [6, 6.07) is 3.98. The largest absolute Gasteiger partial charge is 0.374 e. The van der Waals surface area contributed by atoms with Gasteiger partial charge >= 0.3 is 0 Å². The Balaban J connectivity index is 1.49. The fraction of sp³-hybridized carbons (Fsp3) is 0.647. The van der Waals surface area contributed by atoms with Crippen LogP contribution >= 0.6 is 11.3 Å². The van der Waals surface area contributed by atoms with Crippen molar-refractivity contribution in [2.75, 3.05) is 26.7 Å². The van der Waals surface area contributed by atoms with Crippen molar-refractivity contribution in [3.63, 3.8) is 0 Å². The van der Waals surface area contributed by atoms with Crippen LogP contribution in [0.4, 0.5) is 0 Å². The number of methoxy groups -OCH3 is 1. The number of carbonyl (C=O) groups is 1. The summed E-state index contributed by atoms with van der Waals surface area (Å²) in [5.41, 5.74) is 0. The van der Waals surface area contributed by atoms with E-state index >= 15 is 0 Å². The molecule has 142 valence electrons. The molecule has 0 aromatic carbocycles. The molecule has 1 fully saturated rings. The molecular formula is C17H26N6O2S. The Morgan fingerprint density at radius 2 is 2.27 bits per heavy atom. The fourth-order valence-corrected chi connectivity index (χ4v) is 3.86. The van der Waals surface area contributed by atoms with Gasteiger partial charge in [0.05, 0.1) is 6.54 Å². The van der Waals surface area contributed by atoms with E-state index in [0.29, 0.717) is 13.1 Å². The quantitative estimate of drug-likeness (QED) is 0.749. The molecule has 0 radical (unpaired) electrons. The predicted octanol–water partition coefficient (Wildman–Crippen LogP) is 1.47. The Labute approximate surface area is 157 Å². The highest BCUT2D eigenvalue weighted by molar-refractivity contribution is 7.10. The minimum atomic E-state index is -0.136. The van der Waals surface area contributed by atoms with Crippen molar-refractivity contribution in [2.24, 2.45) is 5.92 Å². The molecular weight excluding hydrogens is 352 g/mol. The SMILES string of the molecule is COC(CNC(=O)Cn1nnnc1CN1CCC(C)CC1)c1cccs1. The van der Waals surface area contributed by atoms with E-state index in [-0.39, 0.29) is 18.6 Å². The Morgan fingerprint density at radius 3 is 2.96 bits per heavy atom. The molecule has 1 amide bonds. The van der Waals surface area contributed by atoms with Gasteiger partial charge in [0.2, 0.25) is 5.91 Å². The molecule has 0 saturated carbocycles. The van der Waals surface area contributed by atoms with Gasteiger partial charge in [-0.1, -0.05) is 13.0 Å². The Bertz CT molecular complexity index is 681. The molecule has 1 unspecified atom stereocenters. The maximum atomic E-state index is 12.3. The van der Waals surface area contributed by atoms with E-state index in [9.17, 15) is 4.79 Å². The zero-order valence-electron chi connectivity index (χ0n) is 15.3. The van der Waals surface area contributed by atoms with Crippen molar-refractivity contribution in [1.29, 1.82) is 0 Å². The number of tetrazole rings is 1. The van der Waals surface area contributed by atoms with Crippen LogP contribution in [0.25, 0.3) is 0 Å². The number of carbonyl (C=O) groups excluding carboxylic acids is 1. The van der Waals surface area contributed by atoms with Crippen molar-refractivity contribution >= 4 is 17.2 Å². The molecule has 2 aromatic rings. The van der Waals surface area contributed by atoms with Gasteiger partial charge in [0.15, 0.2) is 5.82 Å². The molecule has 1 atom stereocenters. The summed E-state index contributed by atoms with van der Waals surface area (Å²) in [5, 5.41) is 16.7. The maximum Gasteiger partial charge on any atom is 0.241 e. The summed E-state index contributed by atoms with van der Waals surface area (Å²) in [6.45, 7) is 5.62. The lowest BCUT2D eigenvalue weighted by Crippen LogP contribution is -2.35. The van der Waals surface area contributed by atoms with E-state index in [4.69, 9.17) is 4.74 Å². The lowest BCUT2D eigenvalue weighted by molar-refractivity contribution is -0.122. The van der Waals surface area contributed by atoms with Gasteiger partial charge in [0, 0.05) is 18.5 Å². The van der Waals surface area contributed by atoms with Crippen molar-refractivity contribution in [2.45, 2.75) is 39.0 Å². The summed E-state index contributed by atoms with van der Waals surface area (Å²) in [5.74, 6) is 1.39. The van der Waals surface area contributed by atoms with Crippen LogP contribution in [0, 0.1) is 5.92 Å². The molecule has 2 aromatic heterocycles. The number of ether oxygens (including phenoxy) is 1. The van der Waals surface area contributed by atoms with Crippen molar-refractivity contribution in [3.05, 3.63) is 28.2 Å². The minimum Gasteiger partial charge on any atom is -0.374 e. The van der Waals surface area contributed by atoms with Gasteiger partial charge in [-0.3, -0.25) is 9.69 Å². The van der Waals surface area contributed by atoms with Gasteiger partial charge in [0.1, 0.15) is 12.6 Å². The number of nitrogens with zero attached hydrogens (tertiary/aromatic N) is 5. The average molecular weight is 379 g/mol. The molecule has 0 bridgehead atoms. The maximum absolute atomic E-state index is 12.3. The number of thiophene rings is 1. The van der Waals surface area contributed by atoms with Crippen LogP contribution < -0.4 is 5.32 Å². The van der Waals surface area contributed by atoms with Crippen LogP contribution in [0.15, 0.2) is 17.5 Å². The third-order valence-electron chi connectivity index (χ3n) is 4.77. The average Bonchev–Trinajstić information content (AvgIpc) is 3.30. The van der Waals surface area contributed by atoms with Crippen LogP contribution in [0.3, 0.4) is 0 Å². The van der Waals surface area contributed by atoms with Crippen LogP contribution in [0.5, 0.6) is 0 Å². The monoisotopic (exact) mass is 378 g/mol. The van der Waals surface area contributed by atoms with Gasteiger partial charge in [-0.15, -0.1) is 16.4 Å². The molecule has 1 aliphatic rings. The third kappa shape index (κ3) is 5.09. The molecule has 1 N–H and O–H groups in total. The summed E-state index contributed by atoms with van der Waals surface area (Å²) in [4.78, 5) is 15.7. The van der Waals surface area contributed by atoms with Crippen molar-refractivity contribution in [3.8, 4) is 0 Å². The van der Waals surface area contributed by atoms with E-state index in [1.807, 2.05) is 17.5 Å². The normalized spacial score (nSPS) is 17.3. The molecule has 1 aliphatic heterocycles. The van der Waals surface area contributed by atoms with E-state index in [0.717, 1.165) is 29.7 Å². The van der Waals surface area contributed by atoms with Gasteiger partial charge < -0.3 is 10.1 Å². The number of nitrogens with one attached hydrogen (secondary N) is 1. The summed E-state index contributed by atoms with van der Waals surface area (Å²) >= 11 is 1.62. The standard InChI is InChI=1S/C17H26N6O2S/c1-13-5-7-22(8-6-13)11-16-19-20-21-23(16)12-17(24)18-10-14(25-2)15-4-3-9-26-15/h3-4,9,13-14H,5-8,10-12H2,1-2H3,(H,18,24). The molecule has 3 heterocycles. The third-order valence-corrected chi connectivity index (χ3v) is 5.73. The number of aromatic nitrogens is 4. The molecule has 8 nitrogen and oxygen atoms in total. The van der Waals surface area contributed by atoms with Crippen molar-refractivity contribution < 1.29 is 9.53 Å². The van der Waals surface area contributed by atoms with E-state index < -0.39 is 0 Å². The summed E-state index contributed by atoms with van der Waals surface area (Å²) in [6.07, 6.45) is 2.26. The second-order valence-corrected chi connectivity index (χ2v) is 7.73. The fourth-order valence-electron chi connectivity index (χ4n) is 3.05. The highest BCUT2D eigenvalue weighted by Gasteiger charge is 2.19. The molecule has 0 aliphatic carbocycles. The number of piperidine rings is 1. The second-order valence-electron chi connectivity index (χ2n) is 6.76.